The minimum Gasteiger partial charge on any atom is -0.480 e. The van der Waals surface area contributed by atoms with E-state index in [0.29, 0.717) is 29.4 Å². The number of carbonyl (C=O) groups is 2. The number of carboxylic acids is 1. The van der Waals surface area contributed by atoms with Crippen LogP contribution in [0.1, 0.15) is 30.5 Å². The van der Waals surface area contributed by atoms with E-state index < -0.39 is 23.5 Å². The zero-order valence-electron chi connectivity index (χ0n) is 14.4. The molecule has 1 aliphatic carbocycles. The lowest BCUT2D eigenvalue weighted by molar-refractivity contribution is -0.142. The first-order chi connectivity index (χ1) is 12.4. The molecule has 1 amide bonds. The lowest BCUT2D eigenvalue weighted by Crippen LogP contribution is -2.42. The number of amides is 1. The molecule has 26 heavy (non-hydrogen) atoms. The Bertz CT molecular complexity index is 875. The summed E-state index contributed by atoms with van der Waals surface area (Å²) in [5.41, 5.74) is 0.905. The Morgan fingerprint density at radius 1 is 1.42 bits per heavy atom. The molecule has 0 bridgehead atoms. The van der Waals surface area contributed by atoms with Crippen molar-refractivity contribution in [2.24, 2.45) is 5.92 Å². The Labute approximate surface area is 149 Å². The van der Waals surface area contributed by atoms with E-state index in [1.807, 2.05) is 0 Å². The highest BCUT2D eigenvalue weighted by Gasteiger charge is 2.30. The number of aromatic amines is 1. The SMILES string of the molecule is Cc1nc(-c2cccnc2)[nH]c(=O)c1CC(=O)NC(CC1CC1)C(=O)O. The summed E-state index contributed by atoms with van der Waals surface area (Å²) in [5, 5.41) is 11.7. The van der Waals surface area contributed by atoms with Crippen LogP contribution in [0.4, 0.5) is 0 Å². The number of aliphatic carboxylic acids is 1. The van der Waals surface area contributed by atoms with Crippen molar-refractivity contribution in [2.75, 3.05) is 0 Å². The van der Waals surface area contributed by atoms with Crippen molar-refractivity contribution >= 4 is 11.9 Å². The molecular formula is C18H20N4O4. The first-order valence-corrected chi connectivity index (χ1v) is 8.46. The van der Waals surface area contributed by atoms with Crippen molar-refractivity contribution in [2.45, 2.75) is 38.6 Å². The predicted octanol–water partition coefficient (Wildman–Crippen LogP) is 1.05. The number of H-pyrrole nitrogens is 1. The molecule has 8 nitrogen and oxygen atoms in total. The molecule has 2 aromatic heterocycles. The van der Waals surface area contributed by atoms with Crippen molar-refractivity contribution < 1.29 is 14.7 Å². The Balaban J connectivity index is 1.73. The van der Waals surface area contributed by atoms with E-state index in [1.165, 1.54) is 0 Å². The third-order valence-electron chi connectivity index (χ3n) is 4.39. The number of aromatic nitrogens is 3. The number of rotatable bonds is 7. The zero-order chi connectivity index (χ0) is 18.7. The van der Waals surface area contributed by atoms with Crippen LogP contribution in [0.5, 0.6) is 0 Å². The molecule has 0 saturated heterocycles. The van der Waals surface area contributed by atoms with Crippen molar-refractivity contribution in [1.82, 2.24) is 20.3 Å². The first-order valence-electron chi connectivity index (χ1n) is 8.46. The van der Waals surface area contributed by atoms with Gasteiger partial charge in [-0.25, -0.2) is 9.78 Å². The van der Waals surface area contributed by atoms with Crippen molar-refractivity contribution in [3.8, 4) is 11.4 Å². The van der Waals surface area contributed by atoms with Gasteiger partial charge in [0.25, 0.3) is 5.56 Å². The molecule has 3 rings (SSSR count). The summed E-state index contributed by atoms with van der Waals surface area (Å²) in [4.78, 5) is 46.9. The summed E-state index contributed by atoms with van der Waals surface area (Å²) in [7, 11) is 0. The number of nitrogens with zero attached hydrogens (tertiary/aromatic N) is 2. The molecule has 136 valence electrons. The number of hydrogen-bond acceptors (Lipinski definition) is 5. The topological polar surface area (TPSA) is 125 Å². The molecule has 2 heterocycles. The van der Waals surface area contributed by atoms with E-state index in [-0.39, 0.29) is 12.0 Å². The third-order valence-corrected chi connectivity index (χ3v) is 4.39. The summed E-state index contributed by atoms with van der Waals surface area (Å²) < 4.78 is 0. The van der Waals surface area contributed by atoms with Crippen LogP contribution < -0.4 is 10.9 Å². The standard InChI is InChI=1S/C18H20N4O4/c1-10-13(8-15(23)21-14(18(25)26)7-11-4-5-11)17(24)22-16(20-10)12-3-2-6-19-9-12/h2-3,6,9,11,14H,4-5,7-8H2,1H3,(H,21,23)(H,25,26)(H,20,22,24). The molecule has 0 spiro atoms. The number of hydrogen-bond donors (Lipinski definition) is 3. The van der Waals surface area contributed by atoms with Crippen LogP contribution in [0.15, 0.2) is 29.3 Å². The molecule has 1 fully saturated rings. The number of nitrogens with one attached hydrogen (secondary N) is 2. The van der Waals surface area contributed by atoms with Gasteiger partial charge in [0.2, 0.25) is 5.91 Å². The van der Waals surface area contributed by atoms with Crippen LogP contribution >= 0.6 is 0 Å². The van der Waals surface area contributed by atoms with Crippen molar-refractivity contribution in [3.05, 3.63) is 46.1 Å². The van der Waals surface area contributed by atoms with Crippen LogP contribution in [0, 0.1) is 12.8 Å². The van der Waals surface area contributed by atoms with E-state index in [0.717, 1.165) is 12.8 Å². The predicted molar refractivity (Wildman–Crippen MR) is 93.4 cm³/mol. The van der Waals surface area contributed by atoms with Gasteiger partial charge in [0, 0.05) is 29.2 Å². The molecule has 2 aromatic rings. The van der Waals surface area contributed by atoms with Crippen LogP contribution in [-0.4, -0.2) is 38.0 Å². The summed E-state index contributed by atoms with van der Waals surface area (Å²) in [6, 6.07) is 2.58. The van der Waals surface area contributed by atoms with Gasteiger partial charge in [-0.3, -0.25) is 14.6 Å². The molecule has 1 unspecified atom stereocenters. The van der Waals surface area contributed by atoms with E-state index >= 15 is 0 Å². The second-order valence-corrected chi connectivity index (χ2v) is 6.53. The fourth-order valence-corrected chi connectivity index (χ4v) is 2.77. The highest BCUT2D eigenvalue weighted by atomic mass is 16.4. The van der Waals surface area contributed by atoms with Gasteiger partial charge in [-0.2, -0.15) is 0 Å². The molecule has 0 aliphatic heterocycles. The van der Waals surface area contributed by atoms with Gasteiger partial charge in [-0.1, -0.05) is 12.8 Å². The molecule has 0 radical (unpaired) electrons. The van der Waals surface area contributed by atoms with Crippen LogP contribution in [0.25, 0.3) is 11.4 Å². The minimum absolute atomic E-state index is 0.212. The minimum atomic E-state index is -1.05. The smallest absolute Gasteiger partial charge is 0.326 e. The number of aryl methyl sites for hydroxylation is 1. The number of carboxylic acid groups (broad SMARTS) is 1. The highest BCUT2D eigenvalue weighted by Crippen LogP contribution is 2.33. The Morgan fingerprint density at radius 2 is 2.19 bits per heavy atom. The summed E-state index contributed by atoms with van der Waals surface area (Å²) >= 11 is 0. The second kappa shape index (κ2) is 7.47. The summed E-state index contributed by atoms with van der Waals surface area (Å²) in [6.07, 6.45) is 5.41. The van der Waals surface area contributed by atoms with E-state index in [1.54, 1.807) is 31.5 Å². The Hall–Kier alpha value is -3.03. The quantitative estimate of drug-likeness (QED) is 0.681. The molecule has 8 heteroatoms. The maximum Gasteiger partial charge on any atom is 0.326 e. The molecule has 0 aromatic carbocycles. The molecule has 3 N–H and O–H groups in total. The highest BCUT2D eigenvalue weighted by molar-refractivity contribution is 5.85. The first kappa shape index (κ1) is 17.8. The fraction of sp³-hybridized carbons (Fsp3) is 0.389. The lowest BCUT2D eigenvalue weighted by atomic mass is 10.1. The average molecular weight is 356 g/mol. The van der Waals surface area contributed by atoms with Crippen LogP contribution in [-0.2, 0) is 16.0 Å². The van der Waals surface area contributed by atoms with Gasteiger partial charge in [-0.05, 0) is 31.4 Å². The molecule has 1 aliphatic rings. The van der Waals surface area contributed by atoms with Gasteiger partial charge in [-0.15, -0.1) is 0 Å². The average Bonchev–Trinajstić information content (AvgIpc) is 3.42. The second-order valence-electron chi connectivity index (χ2n) is 6.53. The Kier molecular flexibility index (Phi) is 5.11. The van der Waals surface area contributed by atoms with Gasteiger partial charge >= 0.3 is 5.97 Å². The van der Waals surface area contributed by atoms with Gasteiger partial charge in [0.1, 0.15) is 11.9 Å². The molecule has 1 saturated carbocycles. The summed E-state index contributed by atoms with van der Waals surface area (Å²) in [6.45, 7) is 1.65. The fourth-order valence-electron chi connectivity index (χ4n) is 2.77. The van der Waals surface area contributed by atoms with E-state index in [9.17, 15) is 19.5 Å². The number of pyridine rings is 1. The zero-order valence-corrected chi connectivity index (χ0v) is 14.4. The van der Waals surface area contributed by atoms with Crippen molar-refractivity contribution in [1.29, 1.82) is 0 Å². The molecular weight excluding hydrogens is 336 g/mol. The van der Waals surface area contributed by atoms with Gasteiger partial charge < -0.3 is 15.4 Å². The van der Waals surface area contributed by atoms with Crippen LogP contribution in [0.2, 0.25) is 0 Å². The third kappa shape index (κ3) is 4.33. The maximum atomic E-state index is 12.4. The Morgan fingerprint density at radius 3 is 2.77 bits per heavy atom. The largest absolute Gasteiger partial charge is 0.480 e. The number of carbonyl (C=O) groups excluding carboxylic acids is 1. The van der Waals surface area contributed by atoms with Gasteiger partial charge in [0.15, 0.2) is 0 Å². The van der Waals surface area contributed by atoms with E-state index in [4.69, 9.17) is 0 Å². The maximum absolute atomic E-state index is 12.4. The summed E-state index contributed by atoms with van der Waals surface area (Å²) in [5.74, 6) is -0.813. The van der Waals surface area contributed by atoms with Crippen LogP contribution in [0.3, 0.4) is 0 Å². The lowest BCUT2D eigenvalue weighted by Gasteiger charge is -2.14. The monoisotopic (exact) mass is 356 g/mol. The van der Waals surface area contributed by atoms with Crippen molar-refractivity contribution in [3.63, 3.8) is 0 Å². The van der Waals surface area contributed by atoms with E-state index in [2.05, 4.69) is 20.3 Å². The molecule has 1 atom stereocenters. The van der Waals surface area contributed by atoms with Gasteiger partial charge in [0.05, 0.1) is 6.42 Å². The normalized spacial score (nSPS) is 14.7.